The molecular weight excluding hydrogens is 277 g/mol. The van der Waals surface area contributed by atoms with Crippen molar-refractivity contribution in [2.45, 2.75) is 6.18 Å². The summed E-state index contributed by atoms with van der Waals surface area (Å²) in [4.78, 5) is 27.5. The van der Waals surface area contributed by atoms with Crippen molar-refractivity contribution in [2.24, 2.45) is 11.8 Å². The number of hydrogen-bond donors (Lipinski definition) is 1. The molecule has 0 aliphatic carbocycles. The van der Waals surface area contributed by atoms with E-state index in [0.29, 0.717) is 0 Å². The van der Waals surface area contributed by atoms with E-state index in [1.165, 1.54) is 18.3 Å². The van der Waals surface area contributed by atoms with Crippen LogP contribution in [0.15, 0.2) is 24.4 Å². The summed E-state index contributed by atoms with van der Waals surface area (Å²) in [7, 11) is 0. The predicted molar refractivity (Wildman–Crippen MR) is 60.8 cm³/mol. The van der Waals surface area contributed by atoms with E-state index in [-0.39, 0.29) is 5.69 Å². The van der Waals surface area contributed by atoms with Crippen molar-refractivity contribution in [3.63, 3.8) is 0 Å². The van der Waals surface area contributed by atoms with E-state index >= 15 is 0 Å². The lowest BCUT2D eigenvalue weighted by atomic mass is 9.96. The molecule has 0 unspecified atom stereocenters. The number of amides is 1. The van der Waals surface area contributed by atoms with Gasteiger partial charge >= 0.3 is 12.1 Å². The summed E-state index contributed by atoms with van der Waals surface area (Å²) in [6, 6.07) is 4.48. The highest BCUT2D eigenvalue weighted by Crippen LogP contribution is 2.38. The molecule has 1 aliphatic heterocycles. The molecule has 20 heavy (non-hydrogen) atoms. The molecule has 8 heteroatoms. The van der Waals surface area contributed by atoms with Gasteiger partial charge in [0.1, 0.15) is 5.69 Å². The molecule has 0 bridgehead atoms. The Morgan fingerprint density at radius 1 is 1.30 bits per heavy atom. The summed E-state index contributed by atoms with van der Waals surface area (Å²) in [5, 5.41) is 8.86. The van der Waals surface area contributed by atoms with Crippen molar-refractivity contribution in [1.82, 2.24) is 9.88 Å². The molecule has 2 rings (SSSR count). The lowest BCUT2D eigenvalue weighted by Crippen LogP contribution is -2.34. The third kappa shape index (κ3) is 2.73. The Labute approximate surface area is 112 Å². The maximum Gasteiger partial charge on any atom is 0.394 e. The Morgan fingerprint density at radius 2 is 2.00 bits per heavy atom. The van der Waals surface area contributed by atoms with Gasteiger partial charge in [0, 0.05) is 19.3 Å². The Kier molecular flexibility index (Phi) is 3.65. The monoisotopic (exact) mass is 288 g/mol. The highest BCUT2D eigenvalue weighted by atomic mass is 19.4. The second-order valence-electron chi connectivity index (χ2n) is 4.52. The summed E-state index contributed by atoms with van der Waals surface area (Å²) in [6.07, 6.45) is -3.30. The van der Waals surface area contributed by atoms with Gasteiger partial charge in [0.15, 0.2) is 0 Å². The fourth-order valence-corrected chi connectivity index (χ4v) is 2.20. The van der Waals surface area contributed by atoms with Crippen LogP contribution in [-0.2, 0) is 4.79 Å². The number of nitrogens with zero attached hydrogens (tertiary/aromatic N) is 2. The van der Waals surface area contributed by atoms with Gasteiger partial charge in [-0.1, -0.05) is 6.07 Å². The van der Waals surface area contributed by atoms with Crippen LogP contribution in [0.2, 0.25) is 0 Å². The fraction of sp³-hybridized carbons (Fsp3) is 0.417. The lowest BCUT2D eigenvalue weighted by molar-refractivity contribution is -0.187. The molecule has 2 heterocycles. The number of alkyl halides is 3. The molecule has 1 aromatic rings. The molecule has 0 radical (unpaired) electrons. The summed E-state index contributed by atoms with van der Waals surface area (Å²) < 4.78 is 38.4. The number of carbonyl (C=O) groups excluding carboxylic acids is 1. The van der Waals surface area contributed by atoms with E-state index in [9.17, 15) is 22.8 Å². The maximum atomic E-state index is 12.8. The maximum absolute atomic E-state index is 12.8. The van der Waals surface area contributed by atoms with E-state index in [4.69, 9.17) is 5.11 Å². The highest BCUT2D eigenvalue weighted by molar-refractivity contribution is 5.93. The fourth-order valence-electron chi connectivity index (χ4n) is 2.20. The molecule has 0 saturated carbocycles. The van der Waals surface area contributed by atoms with Crippen molar-refractivity contribution in [3.05, 3.63) is 30.1 Å². The Balaban J connectivity index is 2.20. The molecular formula is C12H11F3N2O3. The zero-order valence-electron chi connectivity index (χ0n) is 10.2. The summed E-state index contributed by atoms with van der Waals surface area (Å²) in [5.41, 5.74) is -0.000497. The van der Waals surface area contributed by atoms with Gasteiger partial charge in [-0.3, -0.25) is 14.6 Å². The van der Waals surface area contributed by atoms with E-state index in [0.717, 1.165) is 4.90 Å². The Hall–Kier alpha value is -2.12. The topological polar surface area (TPSA) is 70.5 Å². The number of aromatic nitrogens is 1. The van der Waals surface area contributed by atoms with E-state index in [2.05, 4.69) is 4.98 Å². The third-order valence-corrected chi connectivity index (χ3v) is 3.23. The number of likely N-dealkylation sites (tertiary alicyclic amines) is 1. The zero-order valence-corrected chi connectivity index (χ0v) is 10.2. The minimum absolute atomic E-state index is 0.000497. The normalized spacial score (nSPS) is 22.9. The van der Waals surface area contributed by atoms with Crippen LogP contribution in [0.3, 0.4) is 0 Å². The van der Waals surface area contributed by atoms with Crippen molar-refractivity contribution in [3.8, 4) is 0 Å². The van der Waals surface area contributed by atoms with Crippen LogP contribution in [0, 0.1) is 11.8 Å². The third-order valence-electron chi connectivity index (χ3n) is 3.23. The molecule has 108 valence electrons. The van der Waals surface area contributed by atoms with Gasteiger partial charge in [-0.15, -0.1) is 0 Å². The number of aliphatic carboxylic acids is 1. The number of carboxylic acids is 1. The summed E-state index contributed by atoms with van der Waals surface area (Å²) in [6.45, 7) is -1.12. The predicted octanol–water partition coefficient (Wildman–Crippen LogP) is 1.42. The minimum Gasteiger partial charge on any atom is -0.481 e. The van der Waals surface area contributed by atoms with Crippen molar-refractivity contribution in [2.75, 3.05) is 13.1 Å². The molecule has 1 aliphatic rings. The molecule has 0 aromatic carbocycles. The van der Waals surface area contributed by atoms with Crippen LogP contribution in [0.25, 0.3) is 0 Å². The van der Waals surface area contributed by atoms with E-state index in [1.807, 2.05) is 0 Å². The summed E-state index contributed by atoms with van der Waals surface area (Å²) >= 11 is 0. The van der Waals surface area contributed by atoms with E-state index in [1.54, 1.807) is 6.07 Å². The smallest absolute Gasteiger partial charge is 0.394 e. The lowest BCUT2D eigenvalue weighted by Gasteiger charge is -2.18. The average Bonchev–Trinajstić information content (AvgIpc) is 2.84. The SMILES string of the molecule is O=C(O)[C@@H]1CN(C(=O)c2ccccn2)C[C@H]1C(F)(F)F. The second-order valence-corrected chi connectivity index (χ2v) is 4.52. The van der Waals surface area contributed by atoms with Crippen LogP contribution in [0.5, 0.6) is 0 Å². The van der Waals surface area contributed by atoms with Crippen LogP contribution < -0.4 is 0 Å². The highest BCUT2D eigenvalue weighted by Gasteiger charge is 2.53. The van der Waals surface area contributed by atoms with Crippen LogP contribution in [0.4, 0.5) is 13.2 Å². The molecule has 1 N–H and O–H groups in total. The minimum atomic E-state index is -4.65. The number of pyridine rings is 1. The number of carbonyl (C=O) groups is 2. The van der Waals surface area contributed by atoms with Gasteiger partial charge in [-0.2, -0.15) is 13.2 Å². The quantitative estimate of drug-likeness (QED) is 0.893. The van der Waals surface area contributed by atoms with Gasteiger partial charge < -0.3 is 10.0 Å². The first-order chi connectivity index (χ1) is 9.30. The van der Waals surface area contributed by atoms with Crippen molar-refractivity contribution >= 4 is 11.9 Å². The zero-order chi connectivity index (χ0) is 14.9. The first kappa shape index (κ1) is 14.3. The number of rotatable bonds is 2. The molecule has 1 aromatic heterocycles. The van der Waals surface area contributed by atoms with Gasteiger partial charge in [0.2, 0.25) is 0 Å². The Morgan fingerprint density at radius 3 is 2.45 bits per heavy atom. The van der Waals surface area contributed by atoms with Crippen LogP contribution in [0.1, 0.15) is 10.5 Å². The van der Waals surface area contributed by atoms with Crippen LogP contribution >= 0.6 is 0 Å². The molecule has 5 nitrogen and oxygen atoms in total. The van der Waals surface area contributed by atoms with Gasteiger partial charge in [0.25, 0.3) is 5.91 Å². The molecule has 2 atom stereocenters. The average molecular weight is 288 g/mol. The van der Waals surface area contributed by atoms with Crippen LogP contribution in [-0.4, -0.2) is 46.1 Å². The van der Waals surface area contributed by atoms with Crippen molar-refractivity contribution in [1.29, 1.82) is 0 Å². The van der Waals surface area contributed by atoms with Crippen molar-refractivity contribution < 1.29 is 27.9 Å². The first-order valence-corrected chi connectivity index (χ1v) is 5.80. The number of carboxylic acid groups (broad SMARTS) is 1. The van der Waals surface area contributed by atoms with Gasteiger partial charge in [-0.25, -0.2) is 0 Å². The molecule has 1 fully saturated rings. The second kappa shape index (κ2) is 5.10. The molecule has 1 saturated heterocycles. The Bertz CT molecular complexity index is 518. The van der Waals surface area contributed by atoms with Gasteiger partial charge in [-0.05, 0) is 12.1 Å². The first-order valence-electron chi connectivity index (χ1n) is 5.80. The summed E-state index contributed by atoms with van der Waals surface area (Å²) in [5.74, 6) is -5.93. The van der Waals surface area contributed by atoms with Gasteiger partial charge in [0.05, 0.1) is 11.8 Å². The number of halogens is 3. The molecule has 0 spiro atoms. The standard InChI is InChI=1S/C12H11F3N2O3/c13-12(14,15)8-6-17(5-7(8)11(19)20)10(18)9-3-1-2-4-16-9/h1-4,7-8H,5-6H2,(H,19,20)/t7-,8-/m1/s1. The number of hydrogen-bond acceptors (Lipinski definition) is 3. The molecule has 1 amide bonds. The van der Waals surface area contributed by atoms with E-state index < -0.39 is 43.0 Å². The largest absolute Gasteiger partial charge is 0.481 e.